The minimum Gasteiger partial charge on any atom is -0.490 e. The topological polar surface area (TPSA) is 72.7 Å². The Kier molecular flexibility index (Phi) is 8.15. The first-order valence-corrected chi connectivity index (χ1v) is 11.0. The molecule has 0 aliphatic rings. The van der Waals surface area contributed by atoms with E-state index >= 15 is 0 Å². The number of hydrogen-bond donors (Lipinski definition) is 2. The molecule has 0 aliphatic carbocycles. The minimum absolute atomic E-state index is 0.512. The first-order valence-electron chi connectivity index (χ1n) is 11.0. The van der Waals surface area contributed by atoms with Gasteiger partial charge in [-0.3, -0.25) is 0 Å². The zero-order chi connectivity index (χ0) is 22.1. The van der Waals surface area contributed by atoms with Gasteiger partial charge >= 0.3 is 0 Å². The number of guanidine groups is 1. The van der Waals surface area contributed by atoms with Crippen molar-refractivity contribution in [3.05, 3.63) is 53.9 Å². The van der Waals surface area contributed by atoms with Crippen molar-refractivity contribution in [1.29, 1.82) is 0 Å². The first-order chi connectivity index (χ1) is 15.2. The van der Waals surface area contributed by atoms with Gasteiger partial charge in [0.1, 0.15) is 12.4 Å². The van der Waals surface area contributed by atoms with E-state index in [1.165, 1.54) is 5.56 Å². The third kappa shape index (κ3) is 5.90. The maximum absolute atomic E-state index is 5.73. The quantitative estimate of drug-likeness (QED) is 0.385. The predicted molar refractivity (Wildman–Crippen MR) is 126 cm³/mol. The molecule has 31 heavy (non-hydrogen) atoms. The number of nitrogens with zero attached hydrogens (tertiary/aromatic N) is 3. The van der Waals surface area contributed by atoms with Crippen LogP contribution in [-0.4, -0.2) is 41.8 Å². The molecule has 2 aromatic carbocycles. The Morgan fingerprint density at radius 1 is 1.00 bits per heavy atom. The number of hydrogen-bond acceptors (Lipinski definition) is 4. The van der Waals surface area contributed by atoms with Crippen LogP contribution in [0.3, 0.4) is 0 Å². The summed E-state index contributed by atoms with van der Waals surface area (Å²) in [5, 5.41) is 6.72. The number of benzene rings is 2. The Bertz CT molecular complexity index is 1010. The van der Waals surface area contributed by atoms with Gasteiger partial charge in [0.2, 0.25) is 0 Å². The first kappa shape index (κ1) is 22.5. The van der Waals surface area contributed by atoms with Gasteiger partial charge in [-0.05, 0) is 57.0 Å². The van der Waals surface area contributed by atoms with E-state index in [1.54, 1.807) is 0 Å². The SMILES string of the molecule is CCNC(=NCc1nc2ccccc2n1C)NCCc1ccc(OCC)c(OCC)c1. The highest BCUT2D eigenvalue weighted by Crippen LogP contribution is 2.28. The summed E-state index contributed by atoms with van der Waals surface area (Å²) in [5.41, 5.74) is 3.30. The standard InChI is InChI=1S/C24H33N5O2/c1-5-25-24(27-17-23-28-19-10-8-9-11-20(19)29(23)4)26-15-14-18-12-13-21(30-6-2)22(16-18)31-7-3/h8-13,16H,5-7,14-15,17H2,1-4H3,(H2,25,26,27). The molecule has 0 saturated carbocycles. The second kappa shape index (κ2) is 11.2. The van der Waals surface area contributed by atoms with Gasteiger partial charge in [0, 0.05) is 20.1 Å². The molecule has 0 spiro atoms. The van der Waals surface area contributed by atoms with Crippen LogP contribution < -0.4 is 20.1 Å². The molecule has 7 nitrogen and oxygen atoms in total. The van der Waals surface area contributed by atoms with Gasteiger partial charge in [0.15, 0.2) is 17.5 Å². The van der Waals surface area contributed by atoms with Gasteiger partial charge in [0.05, 0.1) is 24.2 Å². The summed E-state index contributed by atoms with van der Waals surface area (Å²) in [5.74, 6) is 3.31. The van der Waals surface area contributed by atoms with Gasteiger partial charge < -0.3 is 24.7 Å². The number of aromatic nitrogens is 2. The van der Waals surface area contributed by atoms with Crippen molar-refractivity contribution in [2.45, 2.75) is 33.7 Å². The Hall–Kier alpha value is -3.22. The number of rotatable bonds is 10. The van der Waals surface area contributed by atoms with Crippen LogP contribution in [0.15, 0.2) is 47.5 Å². The highest BCUT2D eigenvalue weighted by Gasteiger charge is 2.08. The second-order valence-corrected chi connectivity index (χ2v) is 7.09. The summed E-state index contributed by atoms with van der Waals surface area (Å²) in [6, 6.07) is 14.3. The summed E-state index contributed by atoms with van der Waals surface area (Å²) in [6.07, 6.45) is 0.850. The monoisotopic (exact) mass is 423 g/mol. The molecule has 0 radical (unpaired) electrons. The van der Waals surface area contributed by atoms with Crippen LogP contribution in [0, 0.1) is 0 Å². The van der Waals surface area contributed by atoms with Gasteiger partial charge in [-0.2, -0.15) is 0 Å². The van der Waals surface area contributed by atoms with Gasteiger partial charge in [-0.25, -0.2) is 9.98 Å². The maximum atomic E-state index is 5.73. The largest absolute Gasteiger partial charge is 0.490 e. The fraction of sp³-hybridized carbons (Fsp3) is 0.417. The zero-order valence-electron chi connectivity index (χ0n) is 18.9. The lowest BCUT2D eigenvalue weighted by molar-refractivity contribution is 0.287. The van der Waals surface area contributed by atoms with E-state index in [1.807, 2.05) is 45.2 Å². The molecule has 166 valence electrons. The van der Waals surface area contributed by atoms with E-state index in [0.29, 0.717) is 19.8 Å². The smallest absolute Gasteiger partial charge is 0.191 e. The fourth-order valence-electron chi connectivity index (χ4n) is 3.40. The van der Waals surface area contributed by atoms with E-state index in [9.17, 15) is 0 Å². The maximum Gasteiger partial charge on any atom is 0.191 e. The molecule has 3 aromatic rings. The molecule has 3 rings (SSSR count). The average molecular weight is 424 g/mol. The highest BCUT2D eigenvalue weighted by molar-refractivity contribution is 5.80. The normalized spacial score (nSPS) is 11.5. The van der Waals surface area contributed by atoms with Crippen molar-refractivity contribution < 1.29 is 9.47 Å². The molecule has 7 heteroatoms. The Balaban J connectivity index is 1.62. The van der Waals surface area contributed by atoms with Crippen LogP contribution >= 0.6 is 0 Å². The van der Waals surface area contributed by atoms with Crippen molar-refractivity contribution in [2.75, 3.05) is 26.3 Å². The zero-order valence-corrected chi connectivity index (χ0v) is 18.9. The number of imidazole rings is 1. The van der Waals surface area contributed by atoms with Crippen LogP contribution in [0.25, 0.3) is 11.0 Å². The Morgan fingerprint density at radius 2 is 1.77 bits per heavy atom. The lowest BCUT2D eigenvalue weighted by Gasteiger charge is -2.14. The molecule has 0 amide bonds. The number of aryl methyl sites for hydroxylation is 1. The summed E-state index contributed by atoms with van der Waals surface area (Å²) >= 11 is 0. The molecule has 0 atom stereocenters. The Labute approximate surface area is 184 Å². The van der Waals surface area contributed by atoms with E-state index in [4.69, 9.17) is 19.5 Å². The third-order valence-electron chi connectivity index (χ3n) is 4.92. The minimum atomic E-state index is 0.512. The molecule has 0 fully saturated rings. The summed E-state index contributed by atoms with van der Waals surface area (Å²) in [6.45, 7) is 9.32. The van der Waals surface area contributed by atoms with Crippen LogP contribution in [0.2, 0.25) is 0 Å². The average Bonchev–Trinajstić information content (AvgIpc) is 3.10. The molecule has 0 bridgehead atoms. The van der Waals surface area contributed by atoms with Gasteiger partial charge in [-0.15, -0.1) is 0 Å². The lowest BCUT2D eigenvalue weighted by atomic mass is 10.1. The number of ether oxygens (including phenoxy) is 2. The van der Waals surface area contributed by atoms with Gasteiger partial charge in [-0.1, -0.05) is 18.2 Å². The predicted octanol–water partition coefficient (Wildman–Crippen LogP) is 3.67. The lowest BCUT2D eigenvalue weighted by Crippen LogP contribution is -2.38. The summed E-state index contributed by atoms with van der Waals surface area (Å²) < 4.78 is 13.5. The van der Waals surface area contributed by atoms with Crippen LogP contribution in [0.5, 0.6) is 11.5 Å². The van der Waals surface area contributed by atoms with Crippen molar-refractivity contribution in [1.82, 2.24) is 20.2 Å². The van der Waals surface area contributed by atoms with Gasteiger partial charge in [0.25, 0.3) is 0 Å². The number of fused-ring (bicyclic) bond motifs is 1. The molecule has 1 aromatic heterocycles. The van der Waals surface area contributed by atoms with E-state index in [0.717, 1.165) is 53.8 Å². The van der Waals surface area contributed by atoms with Crippen LogP contribution in [0.1, 0.15) is 32.2 Å². The molecule has 2 N–H and O–H groups in total. The van der Waals surface area contributed by atoms with Crippen LogP contribution in [0.4, 0.5) is 0 Å². The van der Waals surface area contributed by atoms with Crippen molar-refractivity contribution in [2.24, 2.45) is 12.0 Å². The number of para-hydroxylation sites is 2. The third-order valence-corrected chi connectivity index (χ3v) is 4.92. The van der Waals surface area contributed by atoms with Crippen LogP contribution in [-0.2, 0) is 20.0 Å². The molecule has 0 aliphatic heterocycles. The van der Waals surface area contributed by atoms with Crippen molar-refractivity contribution in [3.63, 3.8) is 0 Å². The second-order valence-electron chi connectivity index (χ2n) is 7.09. The number of nitrogens with one attached hydrogen (secondary N) is 2. The fourth-order valence-corrected chi connectivity index (χ4v) is 3.40. The molecular weight excluding hydrogens is 390 g/mol. The van der Waals surface area contributed by atoms with E-state index in [2.05, 4.69) is 40.3 Å². The van der Waals surface area contributed by atoms with Crippen molar-refractivity contribution >= 4 is 17.0 Å². The van der Waals surface area contributed by atoms with E-state index in [-0.39, 0.29) is 0 Å². The highest BCUT2D eigenvalue weighted by atomic mass is 16.5. The molecule has 0 saturated heterocycles. The van der Waals surface area contributed by atoms with E-state index < -0.39 is 0 Å². The Morgan fingerprint density at radius 3 is 2.52 bits per heavy atom. The molecular formula is C24H33N5O2. The van der Waals surface area contributed by atoms with Crippen molar-refractivity contribution in [3.8, 4) is 11.5 Å². The number of aliphatic imine (C=N–C) groups is 1. The summed E-state index contributed by atoms with van der Waals surface area (Å²) in [4.78, 5) is 9.42. The molecule has 1 heterocycles. The molecule has 0 unspecified atom stereocenters. The summed E-state index contributed by atoms with van der Waals surface area (Å²) in [7, 11) is 2.03.